The molecule has 102 valence electrons. The summed E-state index contributed by atoms with van der Waals surface area (Å²) in [5.41, 5.74) is 1.28. The van der Waals surface area contributed by atoms with E-state index in [0.29, 0.717) is 10.7 Å². The zero-order chi connectivity index (χ0) is 13.9. The normalized spacial score (nSPS) is 11.8. The summed E-state index contributed by atoms with van der Waals surface area (Å²) in [5.74, 6) is -0.340. The maximum Gasteiger partial charge on any atom is 0.401 e. The van der Waals surface area contributed by atoms with E-state index in [4.69, 9.17) is 0 Å². The van der Waals surface area contributed by atoms with Gasteiger partial charge in [0.15, 0.2) is 0 Å². The molecule has 0 unspecified atom stereocenters. The van der Waals surface area contributed by atoms with Crippen LogP contribution in [0.5, 0.6) is 0 Å². The Morgan fingerprint density at radius 3 is 2.47 bits per heavy atom. The van der Waals surface area contributed by atoms with Crippen LogP contribution in [-0.2, 0) is 6.54 Å². The van der Waals surface area contributed by atoms with Gasteiger partial charge in [-0.3, -0.25) is 0 Å². The van der Waals surface area contributed by atoms with Crippen molar-refractivity contribution in [2.45, 2.75) is 12.7 Å². The summed E-state index contributed by atoms with van der Waals surface area (Å²) in [6, 6.07) is 5.80. The fourth-order valence-corrected chi connectivity index (χ4v) is 2.27. The molecule has 0 fully saturated rings. The van der Waals surface area contributed by atoms with Gasteiger partial charge < -0.3 is 5.32 Å². The van der Waals surface area contributed by atoms with Gasteiger partial charge in [-0.1, -0.05) is 0 Å². The van der Waals surface area contributed by atoms with E-state index in [9.17, 15) is 17.6 Å². The van der Waals surface area contributed by atoms with Crippen LogP contribution in [0.2, 0.25) is 0 Å². The van der Waals surface area contributed by atoms with Crippen molar-refractivity contribution in [2.75, 3.05) is 6.54 Å². The Hall–Kier alpha value is -1.47. The second-order valence-corrected chi connectivity index (χ2v) is 4.73. The standard InChI is InChI=1S/C12H10F4N2S/c13-9-3-1-8(2-4-9)11-18-10(6-19-11)5-17-7-12(14,15)16/h1-4,6,17H,5,7H2. The van der Waals surface area contributed by atoms with E-state index in [1.807, 2.05) is 0 Å². The minimum Gasteiger partial charge on any atom is -0.303 e. The molecule has 0 bridgehead atoms. The molecule has 1 aromatic carbocycles. The number of rotatable bonds is 4. The van der Waals surface area contributed by atoms with Crippen molar-refractivity contribution < 1.29 is 17.6 Å². The first-order valence-electron chi connectivity index (χ1n) is 5.42. The Morgan fingerprint density at radius 1 is 1.16 bits per heavy atom. The zero-order valence-corrected chi connectivity index (χ0v) is 10.5. The molecular weight excluding hydrogens is 280 g/mol. The zero-order valence-electron chi connectivity index (χ0n) is 9.67. The van der Waals surface area contributed by atoms with Crippen LogP contribution in [0.3, 0.4) is 0 Å². The number of hydrogen-bond donors (Lipinski definition) is 1. The Balaban J connectivity index is 1.97. The van der Waals surface area contributed by atoms with E-state index in [2.05, 4.69) is 10.3 Å². The van der Waals surface area contributed by atoms with Crippen molar-refractivity contribution in [3.8, 4) is 10.6 Å². The smallest absolute Gasteiger partial charge is 0.303 e. The molecule has 19 heavy (non-hydrogen) atoms. The molecule has 0 amide bonds. The molecule has 0 aliphatic rings. The van der Waals surface area contributed by atoms with Crippen LogP contribution in [-0.4, -0.2) is 17.7 Å². The molecule has 0 aliphatic carbocycles. The van der Waals surface area contributed by atoms with E-state index in [0.717, 1.165) is 5.56 Å². The first-order valence-corrected chi connectivity index (χ1v) is 6.30. The Labute approximate surface area is 111 Å². The predicted octanol–water partition coefficient (Wildman–Crippen LogP) is 3.60. The van der Waals surface area contributed by atoms with Crippen LogP contribution in [0.1, 0.15) is 5.69 Å². The highest BCUT2D eigenvalue weighted by Gasteiger charge is 2.26. The molecule has 0 atom stereocenters. The quantitative estimate of drug-likeness (QED) is 0.870. The maximum absolute atomic E-state index is 12.8. The van der Waals surface area contributed by atoms with Crippen LogP contribution in [0, 0.1) is 5.82 Å². The summed E-state index contributed by atoms with van der Waals surface area (Å²) in [5, 5.41) is 4.61. The summed E-state index contributed by atoms with van der Waals surface area (Å²) >= 11 is 1.31. The molecule has 2 rings (SSSR count). The van der Waals surface area contributed by atoms with Gasteiger partial charge in [-0.2, -0.15) is 13.2 Å². The van der Waals surface area contributed by atoms with Crippen LogP contribution in [0.15, 0.2) is 29.6 Å². The lowest BCUT2D eigenvalue weighted by atomic mass is 10.2. The monoisotopic (exact) mass is 290 g/mol. The van der Waals surface area contributed by atoms with Gasteiger partial charge in [0.1, 0.15) is 10.8 Å². The van der Waals surface area contributed by atoms with E-state index in [1.165, 1.54) is 23.5 Å². The number of hydrogen-bond acceptors (Lipinski definition) is 3. The van der Waals surface area contributed by atoms with E-state index in [-0.39, 0.29) is 12.4 Å². The Bertz CT molecular complexity index is 533. The topological polar surface area (TPSA) is 24.9 Å². The van der Waals surface area contributed by atoms with E-state index >= 15 is 0 Å². The number of alkyl halides is 3. The van der Waals surface area contributed by atoms with Crippen molar-refractivity contribution in [2.24, 2.45) is 0 Å². The van der Waals surface area contributed by atoms with Crippen LogP contribution < -0.4 is 5.32 Å². The van der Waals surface area contributed by atoms with Gasteiger partial charge >= 0.3 is 6.18 Å². The Morgan fingerprint density at radius 2 is 1.84 bits per heavy atom. The minimum absolute atomic E-state index is 0.0528. The molecule has 0 saturated carbocycles. The van der Waals surface area contributed by atoms with Gasteiger partial charge in [-0.05, 0) is 24.3 Å². The summed E-state index contributed by atoms with van der Waals surface area (Å²) in [6.07, 6.45) is -4.23. The van der Waals surface area contributed by atoms with Crippen molar-refractivity contribution in [1.82, 2.24) is 10.3 Å². The first-order chi connectivity index (χ1) is 8.94. The van der Waals surface area contributed by atoms with Crippen molar-refractivity contribution in [3.63, 3.8) is 0 Å². The van der Waals surface area contributed by atoms with Gasteiger partial charge in [-0.25, -0.2) is 9.37 Å². The lowest BCUT2D eigenvalue weighted by Crippen LogP contribution is -2.28. The second kappa shape index (κ2) is 5.66. The number of nitrogens with one attached hydrogen (secondary N) is 1. The molecule has 0 radical (unpaired) electrons. The van der Waals surface area contributed by atoms with Crippen LogP contribution in [0.4, 0.5) is 17.6 Å². The predicted molar refractivity (Wildman–Crippen MR) is 65.3 cm³/mol. The summed E-state index contributed by atoms with van der Waals surface area (Å²) in [4.78, 5) is 4.20. The van der Waals surface area contributed by atoms with Crippen molar-refractivity contribution >= 4 is 11.3 Å². The molecule has 0 saturated heterocycles. The lowest BCUT2D eigenvalue weighted by Gasteiger charge is -2.06. The third kappa shape index (κ3) is 4.29. The third-order valence-electron chi connectivity index (χ3n) is 2.27. The number of halogens is 4. The van der Waals surface area contributed by atoms with E-state index < -0.39 is 12.7 Å². The van der Waals surface area contributed by atoms with Gasteiger partial charge in [0.05, 0.1) is 12.2 Å². The second-order valence-electron chi connectivity index (χ2n) is 3.87. The summed E-state index contributed by atoms with van der Waals surface area (Å²) < 4.78 is 48.6. The number of nitrogens with zero attached hydrogens (tertiary/aromatic N) is 1. The van der Waals surface area contributed by atoms with Gasteiger partial charge in [0.25, 0.3) is 0 Å². The van der Waals surface area contributed by atoms with Crippen molar-refractivity contribution in [1.29, 1.82) is 0 Å². The fourth-order valence-electron chi connectivity index (χ4n) is 1.45. The van der Waals surface area contributed by atoms with Crippen LogP contribution in [0.25, 0.3) is 10.6 Å². The van der Waals surface area contributed by atoms with Crippen LogP contribution >= 0.6 is 11.3 Å². The SMILES string of the molecule is Fc1ccc(-c2nc(CNCC(F)(F)F)cs2)cc1. The molecule has 7 heteroatoms. The van der Waals surface area contributed by atoms with Gasteiger partial charge in [0, 0.05) is 17.5 Å². The number of aromatic nitrogens is 1. The average Bonchev–Trinajstić information content (AvgIpc) is 2.77. The molecule has 2 aromatic rings. The highest BCUT2D eigenvalue weighted by atomic mass is 32.1. The molecular formula is C12H10F4N2S. The average molecular weight is 290 g/mol. The number of thiazole rings is 1. The highest BCUT2D eigenvalue weighted by Crippen LogP contribution is 2.24. The first kappa shape index (κ1) is 14.0. The molecule has 2 nitrogen and oxygen atoms in total. The van der Waals surface area contributed by atoms with Gasteiger partial charge in [0.2, 0.25) is 0 Å². The van der Waals surface area contributed by atoms with E-state index in [1.54, 1.807) is 17.5 Å². The largest absolute Gasteiger partial charge is 0.401 e. The summed E-state index contributed by atoms with van der Waals surface area (Å²) in [7, 11) is 0. The lowest BCUT2D eigenvalue weighted by molar-refractivity contribution is -0.125. The Kier molecular flexibility index (Phi) is 4.16. The molecule has 0 aliphatic heterocycles. The fraction of sp³-hybridized carbons (Fsp3) is 0.250. The highest BCUT2D eigenvalue weighted by molar-refractivity contribution is 7.13. The minimum atomic E-state index is -4.23. The molecule has 0 spiro atoms. The van der Waals surface area contributed by atoms with Crippen molar-refractivity contribution in [3.05, 3.63) is 41.2 Å². The molecule has 1 aromatic heterocycles. The maximum atomic E-state index is 12.8. The molecule has 1 N–H and O–H groups in total. The van der Waals surface area contributed by atoms with Gasteiger partial charge in [-0.15, -0.1) is 11.3 Å². The number of benzene rings is 1. The molecule has 1 heterocycles. The summed E-state index contributed by atoms with van der Waals surface area (Å²) in [6.45, 7) is -0.992. The third-order valence-corrected chi connectivity index (χ3v) is 3.21.